The van der Waals surface area contributed by atoms with E-state index in [1.807, 2.05) is 22.6 Å². The van der Waals surface area contributed by atoms with Crippen LogP contribution in [0.1, 0.15) is 38.2 Å². The lowest BCUT2D eigenvalue weighted by atomic mass is 9.95. The average Bonchev–Trinajstić information content (AvgIpc) is 2.84. The van der Waals surface area contributed by atoms with Gasteiger partial charge in [0, 0.05) is 36.1 Å². The number of aryl methyl sites for hydroxylation is 1. The van der Waals surface area contributed by atoms with Crippen LogP contribution in [-0.2, 0) is 13.1 Å². The Kier molecular flexibility index (Phi) is 4.92. The van der Waals surface area contributed by atoms with Crippen LogP contribution in [0.2, 0.25) is 0 Å². The molecule has 1 N–H and O–H groups in total. The van der Waals surface area contributed by atoms with Gasteiger partial charge in [-0.2, -0.15) is 16.9 Å². The highest BCUT2D eigenvalue weighted by molar-refractivity contribution is 7.99. The van der Waals surface area contributed by atoms with Crippen molar-refractivity contribution in [1.29, 1.82) is 0 Å². The summed E-state index contributed by atoms with van der Waals surface area (Å²) in [6, 6.07) is 0.684. The highest BCUT2D eigenvalue weighted by atomic mass is 32.2. The quantitative estimate of drug-likeness (QED) is 0.875. The third kappa shape index (κ3) is 3.49. The van der Waals surface area contributed by atoms with Crippen molar-refractivity contribution in [3.63, 3.8) is 0 Å². The first-order valence-corrected chi connectivity index (χ1v) is 7.89. The van der Waals surface area contributed by atoms with Gasteiger partial charge in [0.25, 0.3) is 0 Å². The molecule has 2 rings (SSSR count). The van der Waals surface area contributed by atoms with Gasteiger partial charge in [-0.15, -0.1) is 0 Å². The van der Waals surface area contributed by atoms with Gasteiger partial charge in [-0.05, 0) is 26.0 Å². The van der Waals surface area contributed by atoms with E-state index in [0.29, 0.717) is 6.04 Å². The van der Waals surface area contributed by atoms with Crippen molar-refractivity contribution < 1.29 is 0 Å². The number of hydrogen-bond acceptors (Lipinski definition) is 3. The van der Waals surface area contributed by atoms with Gasteiger partial charge < -0.3 is 5.32 Å². The van der Waals surface area contributed by atoms with Gasteiger partial charge in [-0.1, -0.05) is 12.8 Å². The highest BCUT2D eigenvalue weighted by Crippen LogP contribution is 2.27. The fourth-order valence-corrected chi connectivity index (χ4v) is 3.50. The molecule has 0 radical (unpaired) electrons. The monoisotopic (exact) mass is 253 g/mol. The van der Waals surface area contributed by atoms with Crippen molar-refractivity contribution >= 4 is 11.8 Å². The predicted molar refractivity (Wildman–Crippen MR) is 74.3 cm³/mol. The lowest BCUT2D eigenvalue weighted by molar-refractivity contribution is 0.383. The largest absolute Gasteiger partial charge is 0.309 e. The van der Waals surface area contributed by atoms with E-state index in [1.165, 1.54) is 31.2 Å². The van der Waals surface area contributed by atoms with Crippen molar-refractivity contribution in [2.75, 3.05) is 6.26 Å². The smallest absolute Gasteiger partial charge is 0.0534 e. The first kappa shape index (κ1) is 13.0. The summed E-state index contributed by atoms with van der Waals surface area (Å²) in [7, 11) is 0. The summed E-state index contributed by atoms with van der Waals surface area (Å²) in [4.78, 5) is 0. The van der Waals surface area contributed by atoms with E-state index in [2.05, 4.69) is 29.8 Å². The van der Waals surface area contributed by atoms with Gasteiger partial charge in [-0.3, -0.25) is 4.68 Å². The topological polar surface area (TPSA) is 29.9 Å². The second-order valence-electron chi connectivity index (χ2n) is 4.75. The Balaban J connectivity index is 1.83. The van der Waals surface area contributed by atoms with E-state index in [9.17, 15) is 0 Å². The molecule has 1 aliphatic carbocycles. The van der Waals surface area contributed by atoms with Gasteiger partial charge >= 0.3 is 0 Å². The number of aromatic nitrogens is 2. The summed E-state index contributed by atoms with van der Waals surface area (Å²) in [5.74, 6) is 0. The molecule has 0 amide bonds. The van der Waals surface area contributed by atoms with Crippen molar-refractivity contribution in [2.24, 2.45) is 0 Å². The van der Waals surface area contributed by atoms with Gasteiger partial charge in [0.2, 0.25) is 0 Å². The van der Waals surface area contributed by atoms with Crippen molar-refractivity contribution in [1.82, 2.24) is 15.1 Å². The molecule has 0 bridgehead atoms. The van der Waals surface area contributed by atoms with Crippen LogP contribution in [0.5, 0.6) is 0 Å². The lowest BCUT2D eigenvalue weighted by Gasteiger charge is -2.31. The molecule has 1 saturated carbocycles. The van der Waals surface area contributed by atoms with Crippen LogP contribution in [-0.4, -0.2) is 27.3 Å². The van der Waals surface area contributed by atoms with E-state index in [4.69, 9.17) is 0 Å². The molecule has 0 spiro atoms. The Morgan fingerprint density at radius 2 is 2.29 bits per heavy atom. The predicted octanol–water partition coefficient (Wildman–Crippen LogP) is 2.67. The Bertz CT molecular complexity index is 337. The van der Waals surface area contributed by atoms with Gasteiger partial charge in [0.15, 0.2) is 0 Å². The molecule has 1 aliphatic rings. The fraction of sp³-hybridized carbons (Fsp3) is 0.769. The van der Waals surface area contributed by atoms with E-state index in [1.54, 1.807) is 0 Å². The van der Waals surface area contributed by atoms with Crippen LogP contribution < -0.4 is 5.32 Å². The number of rotatable bonds is 5. The normalized spacial score (nSPS) is 25.1. The maximum absolute atomic E-state index is 4.31. The molecule has 2 atom stereocenters. The molecule has 3 nitrogen and oxygen atoms in total. The SMILES string of the molecule is CCn1cc(CNC2CCCCC2SC)cn1. The maximum atomic E-state index is 4.31. The average molecular weight is 253 g/mol. The maximum Gasteiger partial charge on any atom is 0.0534 e. The highest BCUT2D eigenvalue weighted by Gasteiger charge is 2.23. The molecule has 0 aliphatic heterocycles. The van der Waals surface area contributed by atoms with Gasteiger partial charge in [0.1, 0.15) is 0 Å². The minimum atomic E-state index is 0.684. The first-order valence-electron chi connectivity index (χ1n) is 6.61. The summed E-state index contributed by atoms with van der Waals surface area (Å²) in [6.45, 7) is 4.04. The number of nitrogens with one attached hydrogen (secondary N) is 1. The van der Waals surface area contributed by atoms with Crippen molar-refractivity contribution in [3.05, 3.63) is 18.0 Å². The molecular formula is C13H23N3S. The first-order chi connectivity index (χ1) is 8.33. The van der Waals surface area contributed by atoms with Crippen LogP contribution in [0.4, 0.5) is 0 Å². The molecule has 2 unspecified atom stereocenters. The molecule has 0 aromatic carbocycles. The fourth-order valence-electron chi connectivity index (χ4n) is 2.53. The number of thioether (sulfide) groups is 1. The summed E-state index contributed by atoms with van der Waals surface area (Å²) in [6.07, 6.45) is 11.8. The Labute approximate surface area is 108 Å². The number of nitrogens with zero attached hydrogens (tertiary/aromatic N) is 2. The molecule has 17 heavy (non-hydrogen) atoms. The van der Waals surface area contributed by atoms with Gasteiger partial charge in [-0.25, -0.2) is 0 Å². The molecule has 1 heterocycles. The standard InChI is InChI=1S/C13H23N3S/c1-3-16-10-11(9-15-16)8-14-12-6-4-5-7-13(12)17-2/h9-10,12-14H,3-8H2,1-2H3. The summed E-state index contributed by atoms with van der Waals surface area (Å²) < 4.78 is 1.99. The molecule has 1 aromatic rings. The molecule has 1 aromatic heterocycles. The summed E-state index contributed by atoms with van der Waals surface area (Å²) in [5.41, 5.74) is 1.30. The van der Waals surface area contributed by atoms with Crippen LogP contribution in [0, 0.1) is 0 Å². The third-order valence-corrected chi connectivity index (χ3v) is 4.75. The van der Waals surface area contributed by atoms with E-state index in [-0.39, 0.29) is 0 Å². The minimum absolute atomic E-state index is 0.684. The number of hydrogen-bond donors (Lipinski definition) is 1. The second-order valence-corrected chi connectivity index (χ2v) is 5.83. The second kappa shape index (κ2) is 6.45. The van der Waals surface area contributed by atoms with E-state index in [0.717, 1.165) is 18.3 Å². The third-order valence-electron chi connectivity index (χ3n) is 3.58. The van der Waals surface area contributed by atoms with Crippen LogP contribution in [0.15, 0.2) is 12.4 Å². The van der Waals surface area contributed by atoms with Gasteiger partial charge in [0.05, 0.1) is 6.20 Å². The zero-order chi connectivity index (χ0) is 12.1. The lowest BCUT2D eigenvalue weighted by Crippen LogP contribution is -2.39. The zero-order valence-electron chi connectivity index (χ0n) is 10.9. The summed E-state index contributed by atoms with van der Waals surface area (Å²) >= 11 is 2.02. The van der Waals surface area contributed by atoms with Crippen molar-refractivity contribution in [2.45, 2.75) is 57.0 Å². The Morgan fingerprint density at radius 3 is 3.00 bits per heavy atom. The molecule has 96 valence electrons. The van der Waals surface area contributed by atoms with Crippen LogP contribution >= 0.6 is 11.8 Å². The molecular weight excluding hydrogens is 230 g/mol. The van der Waals surface area contributed by atoms with Crippen molar-refractivity contribution in [3.8, 4) is 0 Å². The van der Waals surface area contributed by atoms with E-state index >= 15 is 0 Å². The van der Waals surface area contributed by atoms with E-state index < -0.39 is 0 Å². The van der Waals surface area contributed by atoms with Crippen LogP contribution in [0.3, 0.4) is 0 Å². The van der Waals surface area contributed by atoms with Crippen LogP contribution in [0.25, 0.3) is 0 Å². The zero-order valence-corrected chi connectivity index (χ0v) is 11.7. The summed E-state index contributed by atoms with van der Waals surface area (Å²) in [5, 5.41) is 8.81. The minimum Gasteiger partial charge on any atom is -0.309 e. The molecule has 1 fully saturated rings. The Morgan fingerprint density at radius 1 is 1.47 bits per heavy atom. The molecule has 0 saturated heterocycles. The molecule has 4 heteroatoms. The Hall–Kier alpha value is -0.480.